The van der Waals surface area contributed by atoms with Gasteiger partial charge in [-0.2, -0.15) is 23.3 Å². The van der Waals surface area contributed by atoms with Gasteiger partial charge in [0, 0.05) is 32.7 Å². The summed E-state index contributed by atoms with van der Waals surface area (Å²) in [6, 6.07) is 0. The van der Waals surface area contributed by atoms with Crippen molar-refractivity contribution in [3.05, 3.63) is 71.2 Å². The van der Waals surface area contributed by atoms with E-state index in [1.165, 1.54) is 38.6 Å². The van der Waals surface area contributed by atoms with Gasteiger partial charge in [-0.05, 0) is 25.2 Å². The van der Waals surface area contributed by atoms with Crippen LogP contribution in [0.25, 0.3) is 0 Å². The van der Waals surface area contributed by atoms with E-state index >= 15 is 0 Å². The molecule has 14 nitrogen and oxygen atoms in total. The molecule has 1 aliphatic carbocycles. The standard InChI is InChI=1S/C26H32F3N8O6P/c1-16-7-8-25(44(40,41)42,20(12-16)43-3)36-24-31-15-18(26(27,28)29)22(35-24)34-19-6-4-9-37(10-5-11-38,17-13-32-33-14-17)21(19)23(39)30-2/h4,6-7,12-15,38H,5,8-11H2,1-3H3,(H5-,30,31,32,33,34,35,36,39,40,41,42). The van der Waals surface area contributed by atoms with Gasteiger partial charge in [-0.25, -0.2) is 9.47 Å². The summed E-state index contributed by atoms with van der Waals surface area (Å²) in [5, 5.41) is 21.6. The predicted octanol–water partition coefficient (Wildman–Crippen LogP) is 2.08. The van der Waals surface area contributed by atoms with Crippen molar-refractivity contribution in [2.75, 3.05) is 44.5 Å². The molecule has 3 unspecified atom stereocenters. The molecule has 18 heteroatoms. The number of hydrogen-bond acceptors (Lipinski definition) is 10. The molecule has 1 aliphatic heterocycles. The molecule has 0 spiro atoms. The molecule has 0 saturated heterocycles. The summed E-state index contributed by atoms with van der Waals surface area (Å²) in [6.45, 7) is 1.86. The zero-order chi connectivity index (χ0) is 32.3. The lowest BCUT2D eigenvalue weighted by Crippen LogP contribution is -2.55. The number of allylic oxidation sites excluding steroid dienone is 3. The average Bonchev–Trinajstić information content (AvgIpc) is 3.51. The molecule has 1 amide bonds. The van der Waals surface area contributed by atoms with Gasteiger partial charge in [0.25, 0.3) is 0 Å². The number of nitrogens with one attached hydrogen (secondary N) is 4. The van der Waals surface area contributed by atoms with Crippen LogP contribution in [0, 0.1) is 0 Å². The van der Waals surface area contributed by atoms with Crippen LogP contribution in [0.3, 0.4) is 0 Å². The number of aliphatic hydroxyl groups is 1. The Bertz CT molecular complexity index is 1570. The second kappa shape index (κ2) is 12.5. The number of halogens is 3. The molecule has 0 radical (unpaired) electrons. The van der Waals surface area contributed by atoms with Crippen molar-refractivity contribution in [1.82, 2.24) is 30.0 Å². The molecule has 4 rings (SSSR count). The number of aromatic amines is 1. The highest BCUT2D eigenvalue weighted by Crippen LogP contribution is 2.55. The molecule has 0 bridgehead atoms. The number of anilines is 2. The fourth-order valence-electron chi connectivity index (χ4n) is 5.19. The zero-order valence-corrected chi connectivity index (χ0v) is 24.9. The molecular formula is C26H32F3N8O6P. The number of quaternary nitrogens is 1. The van der Waals surface area contributed by atoms with Crippen LogP contribution in [0.5, 0.6) is 0 Å². The molecule has 2 aromatic heterocycles. The molecule has 2 aliphatic rings. The maximum absolute atomic E-state index is 14.2. The van der Waals surface area contributed by atoms with Crippen molar-refractivity contribution >= 4 is 31.0 Å². The molecule has 2 aromatic rings. The van der Waals surface area contributed by atoms with E-state index in [1.807, 2.05) is 0 Å². The van der Waals surface area contributed by atoms with E-state index < -0.39 is 42.3 Å². The van der Waals surface area contributed by atoms with E-state index in [0.717, 1.165) is 0 Å². The molecule has 44 heavy (non-hydrogen) atoms. The van der Waals surface area contributed by atoms with Crippen LogP contribution in [-0.4, -0.2) is 75.2 Å². The van der Waals surface area contributed by atoms with Crippen LogP contribution in [0.1, 0.15) is 25.3 Å². The summed E-state index contributed by atoms with van der Waals surface area (Å²) in [5.74, 6) is -2.23. The number of aliphatic hydroxyl groups excluding tert-OH is 1. The zero-order valence-electron chi connectivity index (χ0n) is 24.0. The third kappa shape index (κ3) is 6.14. The first-order chi connectivity index (χ1) is 20.7. The van der Waals surface area contributed by atoms with Crippen LogP contribution >= 0.6 is 7.60 Å². The number of aromatic nitrogens is 4. The van der Waals surface area contributed by atoms with E-state index in [1.54, 1.807) is 19.2 Å². The van der Waals surface area contributed by atoms with E-state index in [9.17, 15) is 37.4 Å². The lowest BCUT2D eigenvalue weighted by molar-refractivity contribution is -0.199. The van der Waals surface area contributed by atoms with Crippen LogP contribution in [0.15, 0.2) is 65.6 Å². The van der Waals surface area contributed by atoms with Gasteiger partial charge in [-0.3, -0.25) is 9.89 Å². The van der Waals surface area contributed by atoms with E-state index in [0.29, 0.717) is 17.5 Å². The monoisotopic (exact) mass is 640 g/mol. The first kappa shape index (κ1) is 32.9. The maximum Gasteiger partial charge on any atom is 0.421 e. The highest BCUT2D eigenvalue weighted by molar-refractivity contribution is 7.52. The van der Waals surface area contributed by atoms with Crippen molar-refractivity contribution in [2.45, 2.75) is 31.2 Å². The topological polar surface area (TPSA) is 197 Å². The van der Waals surface area contributed by atoms with Crippen molar-refractivity contribution in [3.8, 4) is 0 Å². The minimum Gasteiger partial charge on any atom is -0.777 e. The molecule has 6 N–H and O–H groups in total. The number of likely N-dealkylation sites (N-methyl/N-ethyl adjacent to an activating group) is 1. The Kier molecular flexibility index (Phi) is 9.37. The van der Waals surface area contributed by atoms with Gasteiger partial charge < -0.3 is 40.1 Å². The lowest BCUT2D eigenvalue weighted by atomic mass is 10.0. The number of alkyl halides is 3. The first-order valence-electron chi connectivity index (χ1n) is 13.3. The molecular weight excluding hydrogens is 608 g/mol. The Morgan fingerprint density at radius 3 is 2.68 bits per heavy atom. The van der Waals surface area contributed by atoms with Gasteiger partial charge in [0.2, 0.25) is 11.6 Å². The van der Waals surface area contributed by atoms with Gasteiger partial charge in [-0.1, -0.05) is 11.6 Å². The Hall–Kier alpha value is -4.02. The molecule has 3 atom stereocenters. The number of hydrogen-bond donors (Lipinski definition) is 6. The molecule has 3 heterocycles. The minimum absolute atomic E-state index is 0.0134. The summed E-state index contributed by atoms with van der Waals surface area (Å²) in [7, 11) is -2.79. The van der Waals surface area contributed by atoms with Crippen molar-refractivity contribution in [2.24, 2.45) is 0 Å². The largest absolute Gasteiger partial charge is 0.777 e. The number of ether oxygens (including phenoxy) is 1. The highest BCUT2D eigenvalue weighted by Gasteiger charge is 2.47. The summed E-state index contributed by atoms with van der Waals surface area (Å²) in [4.78, 5) is 44.0. The van der Waals surface area contributed by atoms with Crippen molar-refractivity contribution < 1.29 is 42.2 Å². The summed E-state index contributed by atoms with van der Waals surface area (Å²) in [5.41, 5.74) is -0.212. The number of carbonyl (C=O) groups excluding carboxylic acids is 1. The summed E-state index contributed by atoms with van der Waals surface area (Å²) < 4.78 is 60.3. The second-order valence-corrected chi connectivity index (χ2v) is 11.9. The van der Waals surface area contributed by atoms with E-state index in [4.69, 9.17) is 4.74 Å². The third-order valence-electron chi connectivity index (χ3n) is 7.36. The Morgan fingerprint density at radius 2 is 2.09 bits per heavy atom. The number of carbonyl (C=O) groups is 1. The van der Waals surface area contributed by atoms with Gasteiger partial charge in [0.1, 0.15) is 35.6 Å². The molecule has 238 valence electrons. The van der Waals surface area contributed by atoms with Gasteiger partial charge in [0.15, 0.2) is 18.6 Å². The SMILES string of the molecule is CNC(=O)C1=C(Nc2nc(NC3(P(=O)([O-])O)CC=C(C)C=C3OC)ncc2C(F)(F)F)C=CC[N+]1(CCCO)c1cn[nH]c1. The highest BCUT2D eigenvalue weighted by atomic mass is 31.2. The number of H-pyrrole nitrogens is 1. The second-order valence-electron chi connectivity index (χ2n) is 10.1. The molecule has 0 saturated carbocycles. The Labute approximate surface area is 250 Å². The van der Waals surface area contributed by atoms with Gasteiger partial charge >= 0.3 is 12.1 Å². The van der Waals surface area contributed by atoms with E-state index in [2.05, 4.69) is 36.1 Å². The minimum atomic E-state index is -5.34. The van der Waals surface area contributed by atoms with Crippen molar-refractivity contribution in [3.63, 3.8) is 0 Å². The normalized spacial score (nSPS) is 23.4. The third-order valence-corrected chi connectivity index (χ3v) is 8.84. The number of nitrogens with zero attached hydrogens (tertiary/aromatic N) is 4. The van der Waals surface area contributed by atoms with Crippen LogP contribution < -0.4 is 25.3 Å². The molecule has 0 fully saturated rings. The van der Waals surface area contributed by atoms with Crippen LogP contribution in [-0.2, 0) is 20.3 Å². The summed E-state index contributed by atoms with van der Waals surface area (Å²) in [6.07, 6.45) is 4.33. The Morgan fingerprint density at radius 1 is 1.34 bits per heavy atom. The molecule has 0 aromatic carbocycles. The van der Waals surface area contributed by atoms with Gasteiger partial charge in [-0.15, -0.1) is 0 Å². The van der Waals surface area contributed by atoms with Crippen LogP contribution in [0.4, 0.5) is 30.6 Å². The van der Waals surface area contributed by atoms with Crippen molar-refractivity contribution in [1.29, 1.82) is 0 Å². The van der Waals surface area contributed by atoms with E-state index in [-0.39, 0.29) is 54.2 Å². The Balaban J connectivity index is 1.88. The fourth-order valence-corrected chi connectivity index (χ4v) is 6.19. The lowest BCUT2D eigenvalue weighted by Gasteiger charge is -2.43. The van der Waals surface area contributed by atoms with Gasteiger partial charge in [0.05, 0.1) is 19.9 Å². The smallest absolute Gasteiger partial charge is 0.421 e. The predicted molar refractivity (Wildman–Crippen MR) is 152 cm³/mol. The number of rotatable bonds is 11. The fraction of sp³-hybridized carbons (Fsp3) is 0.385. The van der Waals surface area contributed by atoms with Crippen LogP contribution in [0.2, 0.25) is 0 Å². The first-order valence-corrected chi connectivity index (χ1v) is 14.9. The number of methoxy groups -OCH3 is 1. The maximum atomic E-state index is 14.2. The summed E-state index contributed by atoms with van der Waals surface area (Å²) >= 11 is 0. The average molecular weight is 641 g/mol. The number of amides is 1. The quantitative estimate of drug-likeness (QED) is 0.155.